The topological polar surface area (TPSA) is 109 Å². The molecule has 0 aliphatic heterocycles. The van der Waals surface area contributed by atoms with Gasteiger partial charge >= 0.3 is 12.1 Å². The Hall–Kier alpha value is -3.46. The van der Waals surface area contributed by atoms with Gasteiger partial charge in [0.05, 0.1) is 26.1 Å². The van der Waals surface area contributed by atoms with Crippen molar-refractivity contribution in [2.45, 2.75) is 0 Å². The Bertz CT molecular complexity index is 868. The summed E-state index contributed by atoms with van der Waals surface area (Å²) in [5, 5.41) is 18.7. The number of anilines is 1. The van der Waals surface area contributed by atoms with Crippen molar-refractivity contribution < 1.29 is 33.8 Å². The maximum absolute atomic E-state index is 14.3. The number of ether oxygens (including phenoxy) is 2. The SMILES string of the molecule is COC(=O)N(O)c1cnc(OC)c(-c2cc(C=CC(=O)O)ccc2F)c1. The van der Waals surface area contributed by atoms with Crippen LogP contribution in [-0.4, -0.2) is 41.6 Å². The third kappa shape index (κ3) is 4.14. The maximum atomic E-state index is 14.3. The van der Waals surface area contributed by atoms with E-state index in [1.54, 1.807) is 0 Å². The minimum absolute atomic E-state index is 0.0435. The molecule has 0 radical (unpaired) electrons. The minimum Gasteiger partial charge on any atom is -0.481 e. The number of benzene rings is 1. The van der Waals surface area contributed by atoms with Gasteiger partial charge in [0.2, 0.25) is 5.88 Å². The molecular formula is C17H15FN2O6. The summed E-state index contributed by atoms with van der Waals surface area (Å²) >= 11 is 0. The van der Waals surface area contributed by atoms with E-state index in [1.165, 1.54) is 31.4 Å². The van der Waals surface area contributed by atoms with Crippen molar-refractivity contribution >= 4 is 23.8 Å². The van der Waals surface area contributed by atoms with Crippen LogP contribution in [0.5, 0.6) is 5.88 Å². The van der Waals surface area contributed by atoms with E-state index in [9.17, 15) is 19.2 Å². The van der Waals surface area contributed by atoms with Crippen LogP contribution in [0, 0.1) is 5.82 Å². The summed E-state index contributed by atoms with van der Waals surface area (Å²) < 4.78 is 23.8. The van der Waals surface area contributed by atoms with Crippen molar-refractivity contribution in [3.8, 4) is 17.0 Å². The average Bonchev–Trinajstić information content (AvgIpc) is 2.65. The molecule has 8 nitrogen and oxygen atoms in total. The van der Waals surface area contributed by atoms with Gasteiger partial charge in [-0.3, -0.25) is 5.21 Å². The highest BCUT2D eigenvalue weighted by Crippen LogP contribution is 2.34. The quantitative estimate of drug-likeness (QED) is 0.478. The second-order valence-electron chi connectivity index (χ2n) is 4.94. The summed E-state index contributed by atoms with van der Waals surface area (Å²) in [6.07, 6.45) is 2.30. The standard InChI is InChI=1S/C17H15FN2O6/c1-25-16-13(8-11(9-19-16)20(24)17(23)26-2)12-7-10(3-5-14(12)18)4-6-15(21)22/h3-9,24H,1-2H3,(H,21,22). The lowest BCUT2D eigenvalue weighted by atomic mass is 10.0. The molecule has 1 aromatic carbocycles. The molecule has 0 fully saturated rings. The van der Waals surface area contributed by atoms with Gasteiger partial charge in [0, 0.05) is 17.2 Å². The lowest BCUT2D eigenvalue weighted by molar-refractivity contribution is -0.131. The molecule has 26 heavy (non-hydrogen) atoms. The van der Waals surface area contributed by atoms with Gasteiger partial charge in [-0.2, -0.15) is 5.06 Å². The summed E-state index contributed by atoms with van der Waals surface area (Å²) in [5.41, 5.74) is 0.543. The molecule has 0 unspecified atom stereocenters. The van der Waals surface area contributed by atoms with Crippen molar-refractivity contribution in [3.63, 3.8) is 0 Å². The first-order valence-corrected chi connectivity index (χ1v) is 7.19. The first kappa shape index (κ1) is 18.9. The van der Waals surface area contributed by atoms with Gasteiger partial charge in [-0.1, -0.05) is 6.07 Å². The molecular weight excluding hydrogens is 347 g/mol. The van der Waals surface area contributed by atoms with Crippen LogP contribution in [0.1, 0.15) is 5.56 Å². The zero-order valence-electron chi connectivity index (χ0n) is 13.8. The van der Waals surface area contributed by atoms with E-state index in [0.717, 1.165) is 25.4 Å². The molecule has 0 atom stereocenters. The molecule has 0 aliphatic rings. The third-order valence-electron chi connectivity index (χ3n) is 3.32. The highest BCUT2D eigenvalue weighted by Gasteiger charge is 2.19. The predicted octanol–water partition coefficient (Wildman–Crippen LogP) is 2.96. The van der Waals surface area contributed by atoms with Gasteiger partial charge in [0.25, 0.3) is 0 Å². The number of carbonyl (C=O) groups is 2. The van der Waals surface area contributed by atoms with Crippen molar-refractivity contribution in [3.05, 3.63) is 47.9 Å². The normalized spacial score (nSPS) is 10.6. The molecule has 0 saturated carbocycles. The van der Waals surface area contributed by atoms with E-state index >= 15 is 0 Å². The fourth-order valence-corrected chi connectivity index (χ4v) is 2.12. The number of carbonyl (C=O) groups excluding carboxylic acids is 1. The summed E-state index contributed by atoms with van der Waals surface area (Å²) in [4.78, 5) is 26.0. The van der Waals surface area contributed by atoms with Gasteiger partial charge in [-0.25, -0.2) is 19.0 Å². The van der Waals surface area contributed by atoms with Gasteiger partial charge in [-0.15, -0.1) is 0 Å². The van der Waals surface area contributed by atoms with Gasteiger partial charge in [0.1, 0.15) is 5.82 Å². The molecule has 9 heteroatoms. The molecule has 0 saturated heterocycles. The Kier molecular flexibility index (Phi) is 5.86. The van der Waals surface area contributed by atoms with Crippen LogP contribution in [0.15, 0.2) is 36.5 Å². The Morgan fingerprint density at radius 3 is 2.58 bits per heavy atom. The van der Waals surface area contributed by atoms with Crippen LogP contribution in [-0.2, 0) is 9.53 Å². The Morgan fingerprint density at radius 1 is 1.23 bits per heavy atom. The number of halogens is 1. The number of carboxylic acids is 1. The van der Waals surface area contributed by atoms with E-state index in [4.69, 9.17) is 9.84 Å². The van der Waals surface area contributed by atoms with Gasteiger partial charge in [-0.05, 0) is 29.8 Å². The summed E-state index contributed by atoms with van der Waals surface area (Å²) in [6.45, 7) is 0. The first-order valence-electron chi connectivity index (χ1n) is 7.19. The van der Waals surface area contributed by atoms with Crippen LogP contribution < -0.4 is 9.80 Å². The molecule has 1 heterocycles. The zero-order valence-corrected chi connectivity index (χ0v) is 13.8. The third-order valence-corrected chi connectivity index (χ3v) is 3.32. The number of amides is 1. The molecule has 0 spiro atoms. The van der Waals surface area contributed by atoms with Gasteiger partial charge < -0.3 is 14.6 Å². The maximum Gasteiger partial charge on any atom is 0.438 e. The Labute approximate surface area is 147 Å². The fraction of sp³-hybridized carbons (Fsp3) is 0.118. The number of pyridine rings is 1. The molecule has 2 rings (SSSR count). The number of hydrogen-bond acceptors (Lipinski definition) is 6. The van der Waals surface area contributed by atoms with Crippen LogP contribution in [0.2, 0.25) is 0 Å². The van der Waals surface area contributed by atoms with E-state index < -0.39 is 17.9 Å². The van der Waals surface area contributed by atoms with E-state index in [2.05, 4.69) is 9.72 Å². The smallest absolute Gasteiger partial charge is 0.438 e. The second-order valence-corrected chi connectivity index (χ2v) is 4.94. The second kappa shape index (κ2) is 8.08. The van der Waals surface area contributed by atoms with E-state index in [1.807, 2.05) is 0 Å². The van der Waals surface area contributed by atoms with E-state index in [-0.39, 0.29) is 27.8 Å². The summed E-state index contributed by atoms with van der Waals surface area (Å²) in [7, 11) is 2.41. The highest BCUT2D eigenvalue weighted by molar-refractivity contribution is 5.87. The number of hydrogen-bond donors (Lipinski definition) is 2. The number of aromatic nitrogens is 1. The molecule has 0 aliphatic carbocycles. The zero-order chi connectivity index (χ0) is 19.3. The molecule has 1 aromatic heterocycles. The molecule has 136 valence electrons. The van der Waals surface area contributed by atoms with Crippen LogP contribution in [0.4, 0.5) is 14.9 Å². The predicted molar refractivity (Wildman–Crippen MR) is 89.5 cm³/mol. The van der Waals surface area contributed by atoms with Crippen molar-refractivity contribution in [2.75, 3.05) is 19.3 Å². The monoisotopic (exact) mass is 362 g/mol. The average molecular weight is 362 g/mol. The first-order chi connectivity index (χ1) is 12.4. The number of methoxy groups -OCH3 is 2. The Balaban J connectivity index is 2.57. The summed E-state index contributed by atoms with van der Waals surface area (Å²) in [5.74, 6) is -1.73. The molecule has 1 amide bonds. The van der Waals surface area contributed by atoms with Crippen LogP contribution >= 0.6 is 0 Å². The van der Waals surface area contributed by atoms with Gasteiger partial charge in [0.15, 0.2) is 0 Å². The van der Waals surface area contributed by atoms with Crippen molar-refractivity contribution in [1.82, 2.24) is 4.98 Å². The highest BCUT2D eigenvalue weighted by atomic mass is 19.1. The molecule has 2 N–H and O–H groups in total. The number of rotatable bonds is 5. The number of nitrogens with zero attached hydrogens (tertiary/aromatic N) is 2. The summed E-state index contributed by atoms with van der Waals surface area (Å²) in [6, 6.07) is 5.22. The molecule has 2 aromatic rings. The van der Waals surface area contributed by atoms with Crippen LogP contribution in [0.3, 0.4) is 0 Å². The number of carboxylic acid groups (broad SMARTS) is 1. The lowest BCUT2D eigenvalue weighted by Gasteiger charge is -2.16. The van der Waals surface area contributed by atoms with Crippen LogP contribution in [0.25, 0.3) is 17.2 Å². The number of hydroxylamine groups is 1. The van der Waals surface area contributed by atoms with Crippen molar-refractivity contribution in [2.24, 2.45) is 0 Å². The fourth-order valence-electron chi connectivity index (χ4n) is 2.12. The Morgan fingerprint density at radius 2 is 1.96 bits per heavy atom. The van der Waals surface area contributed by atoms with Crippen molar-refractivity contribution in [1.29, 1.82) is 0 Å². The lowest BCUT2D eigenvalue weighted by Crippen LogP contribution is -2.26. The van der Waals surface area contributed by atoms with E-state index in [0.29, 0.717) is 5.56 Å². The molecule has 0 bridgehead atoms. The largest absolute Gasteiger partial charge is 0.481 e. The number of aliphatic carboxylic acids is 1. The minimum atomic E-state index is -1.15.